The first kappa shape index (κ1) is 10.2. The Morgan fingerprint density at radius 2 is 2.13 bits per heavy atom. The van der Waals surface area contributed by atoms with Crippen molar-refractivity contribution in [1.82, 2.24) is 4.90 Å². The Kier molecular flexibility index (Phi) is 3.02. The normalized spacial score (nSPS) is 14.5. The number of aliphatic imine (C=N–C) groups is 1. The lowest BCUT2D eigenvalue weighted by Gasteiger charge is -2.28. The van der Waals surface area contributed by atoms with Gasteiger partial charge in [-0.1, -0.05) is 12.1 Å². The quantitative estimate of drug-likeness (QED) is 0.745. The van der Waals surface area contributed by atoms with Crippen LogP contribution in [0.15, 0.2) is 29.3 Å². The molecule has 1 aliphatic heterocycles. The van der Waals surface area contributed by atoms with E-state index in [9.17, 15) is 0 Å². The molecular weight excluding hydrogens is 186 g/mol. The van der Waals surface area contributed by atoms with E-state index < -0.39 is 0 Å². The highest BCUT2D eigenvalue weighted by Gasteiger charge is 2.12. The van der Waals surface area contributed by atoms with Crippen molar-refractivity contribution in [3.63, 3.8) is 0 Å². The molecule has 0 N–H and O–H groups in total. The van der Waals surface area contributed by atoms with Crippen molar-refractivity contribution in [2.45, 2.75) is 0 Å². The van der Waals surface area contributed by atoms with Gasteiger partial charge >= 0.3 is 0 Å². The SMILES string of the molecule is CN(C)CCN1CC=Nc2ccccc21. The number of hydrogen-bond donors (Lipinski definition) is 0. The lowest BCUT2D eigenvalue weighted by atomic mass is 10.2. The number of rotatable bonds is 3. The lowest BCUT2D eigenvalue weighted by Crippen LogP contribution is -2.34. The Morgan fingerprint density at radius 1 is 1.33 bits per heavy atom. The molecule has 0 amide bonds. The minimum atomic E-state index is 0.921. The minimum Gasteiger partial charge on any atom is -0.363 e. The zero-order valence-electron chi connectivity index (χ0n) is 9.35. The number of benzene rings is 1. The van der Waals surface area contributed by atoms with E-state index in [1.54, 1.807) is 0 Å². The summed E-state index contributed by atoms with van der Waals surface area (Å²) in [5.41, 5.74) is 2.34. The first-order valence-corrected chi connectivity index (χ1v) is 5.28. The van der Waals surface area contributed by atoms with E-state index in [1.807, 2.05) is 12.3 Å². The third kappa shape index (κ3) is 2.36. The second-order valence-corrected chi connectivity index (χ2v) is 4.05. The van der Waals surface area contributed by atoms with Crippen LogP contribution < -0.4 is 4.90 Å². The Balaban J connectivity index is 2.12. The fourth-order valence-corrected chi connectivity index (χ4v) is 1.71. The van der Waals surface area contributed by atoms with Gasteiger partial charge in [-0.15, -0.1) is 0 Å². The van der Waals surface area contributed by atoms with Crippen LogP contribution >= 0.6 is 0 Å². The third-order valence-electron chi connectivity index (χ3n) is 2.57. The fraction of sp³-hybridized carbons (Fsp3) is 0.417. The number of hydrogen-bond acceptors (Lipinski definition) is 3. The van der Waals surface area contributed by atoms with Crippen molar-refractivity contribution in [3.8, 4) is 0 Å². The molecule has 0 spiro atoms. The fourth-order valence-electron chi connectivity index (χ4n) is 1.71. The highest BCUT2D eigenvalue weighted by atomic mass is 15.2. The molecule has 1 aromatic rings. The summed E-state index contributed by atoms with van der Waals surface area (Å²) in [5.74, 6) is 0. The van der Waals surface area contributed by atoms with Gasteiger partial charge in [0.25, 0.3) is 0 Å². The van der Waals surface area contributed by atoms with Crippen LogP contribution in [0, 0.1) is 0 Å². The Morgan fingerprint density at radius 3 is 2.93 bits per heavy atom. The predicted octanol–water partition coefficient (Wildman–Crippen LogP) is 1.77. The molecule has 15 heavy (non-hydrogen) atoms. The van der Waals surface area contributed by atoms with Crippen LogP contribution in [0.2, 0.25) is 0 Å². The largest absolute Gasteiger partial charge is 0.363 e. The van der Waals surface area contributed by atoms with E-state index in [0.717, 1.165) is 25.3 Å². The molecule has 0 aromatic heterocycles. The maximum atomic E-state index is 4.39. The zero-order chi connectivity index (χ0) is 10.7. The first-order valence-electron chi connectivity index (χ1n) is 5.28. The minimum absolute atomic E-state index is 0.921. The molecule has 1 aromatic carbocycles. The van der Waals surface area contributed by atoms with E-state index in [-0.39, 0.29) is 0 Å². The molecule has 3 nitrogen and oxygen atoms in total. The first-order chi connectivity index (χ1) is 7.27. The van der Waals surface area contributed by atoms with Crippen LogP contribution in [0.25, 0.3) is 0 Å². The molecule has 0 saturated carbocycles. The summed E-state index contributed by atoms with van der Waals surface area (Å²) in [6, 6.07) is 8.31. The van der Waals surface area contributed by atoms with E-state index in [2.05, 4.69) is 47.1 Å². The van der Waals surface area contributed by atoms with Crippen LogP contribution in [0.5, 0.6) is 0 Å². The van der Waals surface area contributed by atoms with E-state index in [1.165, 1.54) is 5.69 Å². The highest BCUT2D eigenvalue weighted by molar-refractivity contribution is 5.81. The molecule has 0 atom stereocenters. The molecule has 80 valence electrons. The molecule has 0 saturated heterocycles. The van der Waals surface area contributed by atoms with Gasteiger partial charge < -0.3 is 9.80 Å². The smallest absolute Gasteiger partial charge is 0.0860 e. The molecule has 0 fully saturated rings. The van der Waals surface area contributed by atoms with Crippen molar-refractivity contribution in [2.24, 2.45) is 4.99 Å². The van der Waals surface area contributed by atoms with Gasteiger partial charge in [-0.3, -0.25) is 4.99 Å². The van der Waals surface area contributed by atoms with Crippen LogP contribution in [-0.4, -0.2) is 44.8 Å². The summed E-state index contributed by atoms with van der Waals surface area (Å²) < 4.78 is 0. The number of para-hydroxylation sites is 2. The second kappa shape index (κ2) is 4.45. The molecule has 0 radical (unpaired) electrons. The summed E-state index contributed by atoms with van der Waals surface area (Å²) in [6.07, 6.45) is 1.98. The molecule has 0 bridgehead atoms. The van der Waals surface area contributed by atoms with E-state index >= 15 is 0 Å². The van der Waals surface area contributed by atoms with Gasteiger partial charge in [0.2, 0.25) is 0 Å². The average Bonchev–Trinajstić information content (AvgIpc) is 2.26. The lowest BCUT2D eigenvalue weighted by molar-refractivity contribution is 0.415. The molecule has 0 aliphatic carbocycles. The van der Waals surface area contributed by atoms with Crippen molar-refractivity contribution >= 4 is 17.6 Å². The van der Waals surface area contributed by atoms with Gasteiger partial charge in [0.05, 0.1) is 17.9 Å². The van der Waals surface area contributed by atoms with Crippen LogP contribution in [0.4, 0.5) is 11.4 Å². The van der Waals surface area contributed by atoms with Crippen LogP contribution in [0.3, 0.4) is 0 Å². The Bertz CT molecular complexity index is 358. The average molecular weight is 203 g/mol. The standard InChI is InChI=1S/C12H17N3/c1-14(2)9-10-15-8-7-13-11-5-3-4-6-12(11)15/h3-7H,8-10H2,1-2H3. The van der Waals surface area contributed by atoms with E-state index in [4.69, 9.17) is 0 Å². The molecule has 0 unspecified atom stereocenters. The van der Waals surface area contributed by atoms with Crippen molar-refractivity contribution < 1.29 is 0 Å². The monoisotopic (exact) mass is 203 g/mol. The molecule has 2 rings (SSSR count). The van der Waals surface area contributed by atoms with Gasteiger partial charge in [-0.25, -0.2) is 0 Å². The summed E-state index contributed by atoms with van der Waals surface area (Å²) >= 11 is 0. The van der Waals surface area contributed by atoms with Gasteiger partial charge in [0.15, 0.2) is 0 Å². The number of anilines is 1. The Labute approximate surface area is 91.0 Å². The maximum Gasteiger partial charge on any atom is 0.0860 e. The summed E-state index contributed by atoms with van der Waals surface area (Å²) in [5, 5.41) is 0. The van der Waals surface area contributed by atoms with Crippen molar-refractivity contribution in [1.29, 1.82) is 0 Å². The molecule has 1 heterocycles. The highest BCUT2D eigenvalue weighted by Crippen LogP contribution is 2.29. The van der Waals surface area contributed by atoms with Crippen molar-refractivity contribution in [2.75, 3.05) is 38.6 Å². The summed E-state index contributed by atoms with van der Waals surface area (Å²) in [6.45, 7) is 3.04. The topological polar surface area (TPSA) is 18.8 Å². The number of nitrogens with zero attached hydrogens (tertiary/aromatic N) is 3. The van der Waals surface area contributed by atoms with E-state index in [0.29, 0.717) is 0 Å². The van der Waals surface area contributed by atoms with Crippen LogP contribution in [-0.2, 0) is 0 Å². The Hall–Kier alpha value is -1.35. The molecular formula is C12H17N3. The number of likely N-dealkylation sites (N-methyl/N-ethyl adjacent to an activating group) is 1. The van der Waals surface area contributed by atoms with Gasteiger partial charge in [0.1, 0.15) is 0 Å². The van der Waals surface area contributed by atoms with Gasteiger partial charge in [0, 0.05) is 19.3 Å². The maximum absolute atomic E-state index is 4.39. The zero-order valence-corrected chi connectivity index (χ0v) is 9.35. The second-order valence-electron chi connectivity index (χ2n) is 4.05. The summed E-state index contributed by atoms with van der Waals surface area (Å²) in [4.78, 5) is 8.96. The van der Waals surface area contributed by atoms with Crippen LogP contribution in [0.1, 0.15) is 0 Å². The summed E-state index contributed by atoms with van der Waals surface area (Å²) in [7, 11) is 4.20. The predicted molar refractivity (Wildman–Crippen MR) is 65.4 cm³/mol. The molecule has 1 aliphatic rings. The number of fused-ring (bicyclic) bond motifs is 1. The van der Waals surface area contributed by atoms with Crippen molar-refractivity contribution in [3.05, 3.63) is 24.3 Å². The van der Waals surface area contributed by atoms with Gasteiger partial charge in [-0.2, -0.15) is 0 Å². The van der Waals surface area contributed by atoms with Gasteiger partial charge in [-0.05, 0) is 26.2 Å². The molecule has 3 heteroatoms. The third-order valence-corrected chi connectivity index (χ3v) is 2.57.